The molecule has 0 aliphatic carbocycles. The average molecular weight is 624 g/mol. The van der Waals surface area contributed by atoms with E-state index in [-0.39, 0.29) is 0 Å². The quantitative estimate of drug-likeness (QED) is 0.167. The van der Waals surface area contributed by atoms with Crippen LogP contribution in [0.4, 0.5) is 17.1 Å². The number of hydrogen-bond donors (Lipinski definition) is 0. The normalized spacial score (nSPS) is 11.3. The van der Waals surface area contributed by atoms with Gasteiger partial charge in [0.1, 0.15) is 0 Å². The van der Waals surface area contributed by atoms with Gasteiger partial charge in [-0.15, -0.1) is 0 Å². The highest BCUT2D eigenvalue weighted by molar-refractivity contribution is 6.23. The van der Waals surface area contributed by atoms with E-state index >= 15 is 0 Å². The van der Waals surface area contributed by atoms with Crippen LogP contribution < -0.4 is 4.90 Å². The molecule has 0 heterocycles. The highest BCUT2D eigenvalue weighted by atomic mass is 15.1. The Morgan fingerprint density at radius 3 is 1.33 bits per heavy atom. The van der Waals surface area contributed by atoms with E-state index in [9.17, 15) is 0 Å². The second kappa shape index (κ2) is 12.3. The van der Waals surface area contributed by atoms with E-state index in [1.807, 2.05) is 0 Å². The summed E-state index contributed by atoms with van der Waals surface area (Å²) in [6.07, 6.45) is 0. The standard InChI is InChI=1S/C48H33N/c1-3-14-34(15-4-1)36-26-28-39(29-27-36)47-44-23-11-9-21-42(44)43-22-10-12-24-45(43)48(47)49(46-25-13-19-38-18-7-8-20-41(38)46)40-32-30-37(31-33-40)35-16-5-2-6-17-35/h1-33H. The molecule has 0 radical (unpaired) electrons. The summed E-state index contributed by atoms with van der Waals surface area (Å²) in [5, 5.41) is 7.35. The highest BCUT2D eigenvalue weighted by Crippen LogP contribution is 2.50. The van der Waals surface area contributed by atoms with Crippen molar-refractivity contribution in [2.24, 2.45) is 0 Å². The Balaban J connectivity index is 1.37. The van der Waals surface area contributed by atoms with Gasteiger partial charge < -0.3 is 4.90 Å². The summed E-state index contributed by atoms with van der Waals surface area (Å²) in [6.45, 7) is 0. The maximum Gasteiger partial charge on any atom is 0.0625 e. The Morgan fingerprint density at radius 1 is 0.265 bits per heavy atom. The minimum absolute atomic E-state index is 1.11. The van der Waals surface area contributed by atoms with E-state index in [1.165, 1.54) is 71.4 Å². The third-order valence-corrected chi connectivity index (χ3v) is 9.65. The summed E-state index contributed by atoms with van der Waals surface area (Å²) in [5.41, 5.74) is 10.7. The highest BCUT2D eigenvalue weighted by Gasteiger charge is 2.24. The fourth-order valence-electron chi connectivity index (χ4n) is 7.33. The monoisotopic (exact) mass is 623 g/mol. The molecule has 0 bridgehead atoms. The van der Waals surface area contributed by atoms with Crippen molar-refractivity contribution in [1.29, 1.82) is 0 Å². The van der Waals surface area contributed by atoms with Gasteiger partial charge >= 0.3 is 0 Å². The van der Waals surface area contributed by atoms with Crippen LogP contribution in [-0.2, 0) is 0 Å². The summed E-state index contributed by atoms with van der Waals surface area (Å²) in [5.74, 6) is 0. The topological polar surface area (TPSA) is 3.24 Å². The van der Waals surface area contributed by atoms with Crippen molar-refractivity contribution in [2.45, 2.75) is 0 Å². The molecule has 0 saturated heterocycles. The molecule has 0 N–H and O–H groups in total. The fraction of sp³-hybridized carbons (Fsp3) is 0. The van der Waals surface area contributed by atoms with Crippen LogP contribution in [0.15, 0.2) is 200 Å². The Morgan fingerprint density at radius 2 is 0.694 bits per heavy atom. The molecule has 0 saturated carbocycles. The maximum atomic E-state index is 2.49. The SMILES string of the molecule is c1ccc(-c2ccc(-c3c(N(c4ccc(-c5ccccc5)cc4)c4cccc5ccccc45)c4ccccc4c4ccccc34)cc2)cc1. The summed E-state index contributed by atoms with van der Waals surface area (Å²) >= 11 is 0. The van der Waals surface area contributed by atoms with Gasteiger partial charge in [-0.3, -0.25) is 0 Å². The van der Waals surface area contributed by atoms with Crippen molar-refractivity contribution in [3.8, 4) is 33.4 Å². The lowest BCUT2D eigenvalue weighted by Crippen LogP contribution is -2.13. The molecule has 0 aliphatic heterocycles. The van der Waals surface area contributed by atoms with E-state index in [2.05, 4.69) is 205 Å². The Labute approximate surface area is 287 Å². The Hall–Kier alpha value is -6.44. The van der Waals surface area contributed by atoms with Gasteiger partial charge in [0.25, 0.3) is 0 Å². The summed E-state index contributed by atoms with van der Waals surface area (Å²) in [4.78, 5) is 2.49. The van der Waals surface area contributed by atoms with Gasteiger partial charge in [-0.05, 0) is 67.6 Å². The molecule has 0 atom stereocenters. The zero-order valence-electron chi connectivity index (χ0n) is 27.0. The lowest BCUT2D eigenvalue weighted by atomic mass is 9.89. The van der Waals surface area contributed by atoms with Crippen LogP contribution in [0.25, 0.3) is 65.7 Å². The van der Waals surface area contributed by atoms with Crippen LogP contribution in [0, 0.1) is 0 Å². The Kier molecular flexibility index (Phi) is 7.22. The predicted octanol–water partition coefficient (Wildman–Crippen LogP) is 13.6. The fourth-order valence-corrected chi connectivity index (χ4v) is 7.33. The first-order valence-corrected chi connectivity index (χ1v) is 16.9. The second-order valence-electron chi connectivity index (χ2n) is 12.5. The third kappa shape index (κ3) is 5.13. The van der Waals surface area contributed by atoms with Crippen molar-refractivity contribution in [2.75, 3.05) is 4.90 Å². The van der Waals surface area contributed by atoms with Gasteiger partial charge in [-0.1, -0.05) is 182 Å². The molecule has 9 aromatic rings. The molecule has 0 spiro atoms. The lowest BCUT2D eigenvalue weighted by Gasteiger charge is -2.31. The van der Waals surface area contributed by atoms with Crippen LogP contribution in [0.3, 0.4) is 0 Å². The van der Waals surface area contributed by atoms with E-state index in [0.29, 0.717) is 0 Å². The van der Waals surface area contributed by atoms with E-state index < -0.39 is 0 Å². The molecule has 9 aromatic carbocycles. The molecule has 0 aromatic heterocycles. The smallest absolute Gasteiger partial charge is 0.0625 e. The first-order valence-electron chi connectivity index (χ1n) is 16.9. The molecule has 9 rings (SSSR count). The summed E-state index contributed by atoms with van der Waals surface area (Å²) in [7, 11) is 0. The third-order valence-electron chi connectivity index (χ3n) is 9.65. The lowest BCUT2D eigenvalue weighted by molar-refractivity contribution is 1.32. The van der Waals surface area contributed by atoms with E-state index in [4.69, 9.17) is 0 Å². The molecule has 0 aliphatic rings. The van der Waals surface area contributed by atoms with Crippen LogP contribution in [0.1, 0.15) is 0 Å². The van der Waals surface area contributed by atoms with Gasteiger partial charge in [0, 0.05) is 22.0 Å². The molecule has 0 unspecified atom stereocenters. The van der Waals surface area contributed by atoms with E-state index in [1.54, 1.807) is 0 Å². The number of benzene rings is 9. The molecule has 1 heteroatoms. The van der Waals surface area contributed by atoms with Gasteiger partial charge in [0.2, 0.25) is 0 Å². The molecule has 0 amide bonds. The van der Waals surface area contributed by atoms with Gasteiger partial charge in [0.15, 0.2) is 0 Å². The first kappa shape index (κ1) is 28.8. The molecular weight excluding hydrogens is 591 g/mol. The Bertz CT molecular complexity index is 2560. The van der Waals surface area contributed by atoms with Crippen molar-refractivity contribution in [3.05, 3.63) is 200 Å². The number of nitrogens with zero attached hydrogens (tertiary/aromatic N) is 1. The van der Waals surface area contributed by atoms with E-state index in [0.717, 1.165) is 11.4 Å². The molecule has 230 valence electrons. The maximum absolute atomic E-state index is 2.49. The van der Waals surface area contributed by atoms with Gasteiger partial charge in [-0.25, -0.2) is 0 Å². The molecule has 49 heavy (non-hydrogen) atoms. The number of anilines is 3. The molecule has 1 nitrogen and oxygen atoms in total. The summed E-state index contributed by atoms with van der Waals surface area (Å²) < 4.78 is 0. The molecule has 0 fully saturated rings. The first-order chi connectivity index (χ1) is 24.3. The zero-order valence-corrected chi connectivity index (χ0v) is 27.0. The number of hydrogen-bond acceptors (Lipinski definition) is 1. The van der Waals surface area contributed by atoms with Gasteiger partial charge in [-0.2, -0.15) is 0 Å². The number of rotatable bonds is 6. The van der Waals surface area contributed by atoms with Crippen LogP contribution in [0.2, 0.25) is 0 Å². The van der Waals surface area contributed by atoms with Crippen molar-refractivity contribution in [1.82, 2.24) is 0 Å². The van der Waals surface area contributed by atoms with Crippen molar-refractivity contribution in [3.63, 3.8) is 0 Å². The number of fused-ring (bicyclic) bond motifs is 4. The summed E-state index contributed by atoms with van der Waals surface area (Å²) in [6, 6.07) is 72.5. The second-order valence-corrected chi connectivity index (χ2v) is 12.5. The minimum atomic E-state index is 1.11. The zero-order chi connectivity index (χ0) is 32.6. The van der Waals surface area contributed by atoms with Gasteiger partial charge in [0.05, 0.1) is 11.4 Å². The van der Waals surface area contributed by atoms with Crippen LogP contribution in [0.5, 0.6) is 0 Å². The average Bonchev–Trinajstić information content (AvgIpc) is 3.19. The predicted molar refractivity (Wildman–Crippen MR) is 210 cm³/mol. The van der Waals surface area contributed by atoms with Crippen molar-refractivity contribution >= 4 is 49.4 Å². The van der Waals surface area contributed by atoms with Crippen LogP contribution >= 0.6 is 0 Å². The molecular formula is C48H33N. The largest absolute Gasteiger partial charge is 0.309 e. The van der Waals surface area contributed by atoms with Crippen molar-refractivity contribution < 1.29 is 0 Å². The minimum Gasteiger partial charge on any atom is -0.309 e. The van der Waals surface area contributed by atoms with Crippen LogP contribution in [-0.4, -0.2) is 0 Å².